The van der Waals surface area contributed by atoms with Crippen LogP contribution in [0.25, 0.3) is 32.8 Å². The first-order valence-electron chi connectivity index (χ1n) is 17.4. The van der Waals surface area contributed by atoms with Crippen LogP contribution in [0.1, 0.15) is 40.8 Å². The van der Waals surface area contributed by atoms with Crippen molar-refractivity contribution in [3.8, 4) is 22.6 Å². The minimum atomic E-state index is -3.34. The molecule has 0 fully saturated rings. The van der Waals surface area contributed by atoms with Crippen molar-refractivity contribution in [2.75, 3.05) is 26.1 Å². The van der Waals surface area contributed by atoms with E-state index in [9.17, 15) is 13.2 Å². The predicted molar refractivity (Wildman–Crippen MR) is 201 cm³/mol. The maximum atomic E-state index is 13.8. The molecule has 1 aliphatic rings. The number of hydrogen-bond donors (Lipinski definition) is 0. The van der Waals surface area contributed by atoms with Gasteiger partial charge in [-0.15, -0.1) is 0 Å². The predicted octanol–water partition coefficient (Wildman–Crippen LogP) is 7.45. The monoisotopic (exact) mass is 719 g/mol. The van der Waals surface area contributed by atoms with Crippen LogP contribution in [-0.4, -0.2) is 54.8 Å². The van der Waals surface area contributed by atoms with Crippen LogP contribution in [0, 0.1) is 0 Å². The van der Waals surface area contributed by atoms with E-state index in [0.717, 1.165) is 49.8 Å². The van der Waals surface area contributed by atoms with Gasteiger partial charge in [-0.1, -0.05) is 66.7 Å². The smallest absolute Gasteiger partial charge is 0.355 e. The second-order valence-corrected chi connectivity index (χ2v) is 14.7. The Morgan fingerprint density at radius 2 is 1.69 bits per heavy atom. The SMILES string of the molecule is CCOC(=O)c1c(CCCOc2cccc3ccccc23)c2cccc3c2n1CC=CCOCc1c-3c(COc2ccc(S(C)(=O)=O)cc2)nn1C. The summed E-state index contributed by atoms with van der Waals surface area (Å²) < 4.78 is 52.1. The molecule has 0 N–H and O–H groups in total. The Balaban J connectivity index is 1.28. The zero-order valence-electron chi connectivity index (χ0n) is 29.5. The first kappa shape index (κ1) is 35.0. The lowest BCUT2D eigenvalue weighted by Gasteiger charge is -2.13. The molecule has 0 radical (unpaired) electrons. The van der Waals surface area contributed by atoms with Gasteiger partial charge in [0.05, 0.1) is 42.5 Å². The fraction of sp³-hybridized carbons (Fsp3) is 0.268. The number of hydrogen-bond acceptors (Lipinski definition) is 8. The molecular formula is C41H41N3O7S. The van der Waals surface area contributed by atoms with Gasteiger partial charge in [0.15, 0.2) is 9.84 Å². The van der Waals surface area contributed by atoms with Gasteiger partial charge in [-0.05, 0) is 61.0 Å². The topological polar surface area (TPSA) is 111 Å². The average Bonchev–Trinajstić information content (AvgIpc) is 3.62. The van der Waals surface area contributed by atoms with Crippen molar-refractivity contribution >= 4 is 37.5 Å². The van der Waals surface area contributed by atoms with Crippen LogP contribution in [-0.2, 0) is 52.5 Å². The molecule has 0 atom stereocenters. The van der Waals surface area contributed by atoms with Gasteiger partial charge < -0.3 is 23.5 Å². The van der Waals surface area contributed by atoms with Gasteiger partial charge in [0.1, 0.15) is 29.5 Å². The number of aryl methyl sites for hydroxylation is 2. The van der Waals surface area contributed by atoms with E-state index in [-0.39, 0.29) is 24.1 Å². The summed E-state index contributed by atoms with van der Waals surface area (Å²) in [6.07, 6.45) is 6.43. The van der Waals surface area contributed by atoms with Gasteiger partial charge in [0.25, 0.3) is 0 Å². The molecule has 1 aliphatic heterocycles. The number of ether oxygens (including phenoxy) is 4. The molecule has 11 heteroatoms. The number of carbonyl (C=O) groups is 1. The largest absolute Gasteiger partial charge is 0.493 e. The third-order valence-electron chi connectivity index (χ3n) is 9.28. The summed E-state index contributed by atoms with van der Waals surface area (Å²) in [5.74, 6) is 0.977. The van der Waals surface area contributed by atoms with E-state index in [4.69, 9.17) is 24.0 Å². The first-order valence-corrected chi connectivity index (χ1v) is 19.3. The Kier molecular flexibility index (Phi) is 10.2. The third kappa shape index (κ3) is 7.06. The number of benzene rings is 4. The van der Waals surface area contributed by atoms with Crippen molar-refractivity contribution in [3.63, 3.8) is 0 Å². The molecule has 0 amide bonds. The fourth-order valence-corrected chi connectivity index (χ4v) is 7.54. The minimum absolute atomic E-state index is 0.125. The second-order valence-electron chi connectivity index (χ2n) is 12.7. The molecular weight excluding hydrogens is 679 g/mol. The minimum Gasteiger partial charge on any atom is -0.493 e. The summed E-state index contributed by atoms with van der Waals surface area (Å²) in [6, 6.07) is 26.7. The van der Waals surface area contributed by atoms with Crippen LogP contribution in [0.2, 0.25) is 0 Å². The van der Waals surface area contributed by atoms with E-state index < -0.39 is 9.84 Å². The van der Waals surface area contributed by atoms with Gasteiger partial charge >= 0.3 is 5.97 Å². The van der Waals surface area contributed by atoms with Gasteiger partial charge in [-0.25, -0.2) is 13.2 Å². The van der Waals surface area contributed by atoms with Gasteiger partial charge in [0, 0.05) is 41.7 Å². The number of sulfone groups is 1. The Morgan fingerprint density at radius 3 is 2.50 bits per heavy atom. The summed E-state index contributed by atoms with van der Waals surface area (Å²) in [6.45, 7) is 3.80. The lowest BCUT2D eigenvalue weighted by Crippen LogP contribution is -2.14. The molecule has 0 saturated carbocycles. The molecule has 268 valence electrons. The number of nitrogens with zero attached hydrogens (tertiary/aromatic N) is 3. The number of allylic oxidation sites excluding steroid dienone is 1. The quantitative estimate of drug-likeness (QED) is 0.0772. The molecule has 3 heterocycles. The molecule has 10 nitrogen and oxygen atoms in total. The van der Waals surface area contributed by atoms with Crippen molar-refractivity contribution in [2.24, 2.45) is 7.05 Å². The molecule has 4 aromatic carbocycles. The molecule has 6 aromatic rings. The maximum Gasteiger partial charge on any atom is 0.355 e. The number of rotatable bonds is 11. The van der Waals surface area contributed by atoms with Crippen LogP contribution in [0.5, 0.6) is 11.5 Å². The summed E-state index contributed by atoms with van der Waals surface area (Å²) in [5.41, 5.74) is 5.64. The number of esters is 1. The highest BCUT2D eigenvalue weighted by Crippen LogP contribution is 2.39. The normalized spacial score (nSPS) is 13.1. The Labute approximate surface area is 303 Å². The molecule has 0 spiro atoms. The van der Waals surface area contributed by atoms with E-state index in [2.05, 4.69) is 28.8 Å². The zero-order valence-corrected chi connectivity index (χ0v) is 30.3. The van der Waals surface area contributed by atoms with E-state index >= 15 is 0 Å². The molecule has 0 aliphatic carbocycles. The van der Waals surface area contributed by atoms with Crippen molar-refractivity contribution in [1.82, 2.24) is 14.3 Å². The van der Waals surface area contributed by atoms with E-state index in [1.807, 2.05) is 67.2 Å². The van der Waals surface area contributed by atoms with E-state index in [0.29, 0.717) is 56.3 Å². The Morgan fingerprint density at radius 1 is 0.923 bits per heavy atom. The van der Waals surface area contributed by atoms with E-state index in [1.165, 1.54) is 18.4 Å². The molecule has 2 aromatic heterocycles. The summed E-state index contributed by atoms with van der Waals surface area (Å²) in [7, 11) is -1.45. The number of carbonyl (C=O) groups excluding carboxylic acids is 1. The van der Waals surface area contributed by atoms with Crippen LogP contribution in [0.15, 0.2) is 102 Å². The lowest BCUT2D eigenvalue weighted by atomic mass is 9.98. The molecule has 0 saturated heterocycles. The molecule has 52 heavy (non-hydrogen) atoms. The zero-order chi connectivity index (χ0) is 36.2. The molecule has 0 bridgehead atoms. The first-order chi connectivity index (χ1) is 25.2. The number of aromatic nitrogens is 3. The van der Waals surface area contributed by atoms with Crippen LogP contribution >= 0.6 is 0 Å². The van der Waals surface area contributed by atoms with Gasteiger partial charge in [0.2, 0.25) is 0 Å². The standard InChI is InChI=1S/C41H41N3O7S/c1-4-49-41(45)40-33(17-11-25-50-37-18-9-13-28-12-5-6-14-31(28)37)32-15-10-16-34-38-35(26-51-29-19-21-30(22-20-29)52(3,46)47)42-43(2)36(38)27-48-24-8-7-23-44(40)39(32)34/h5-10,12-16,18-22H,4,11,17,23-27H2,1-3H3. The molecule has 0 unspecified atom stereocenters. The number of para-hydroxylation sites is 1. The molecule has 7 rings (SSSR count). The fourth-order valence-electron chi connectivity index (χ4n) is 6.91. The van der Waals surface area contributed by atoms with Crippen LogP contribution in [0.3, 0.4) is 0 Å². The highest BCUT2D eigenvalue weighted by atomic mass is 32.2. The van der Waals surface area contributed by atoms with Crippen LogP contribution in [0.4, 0.5) is 0 Å². The highest BCUT2D eigenvalue weighted by Gasteiger charge is 2.28. The second kappa shape index (κ2) is 15.1. The highest BCUT2D eigenvalue weighted by molar-refractivity contribution is 7.90. The van der Waals surface area contributed by atoms with Crippen molar-refractivity contribution in [1.29, 1.82) is 0 Å². The lowest BCUT2D eigenvalue weighted by molar-refractivity contribution is 0.0513. The van der Waals surface area contributed by atoms with Crippen molar-refractivity contribution in [3.05, 3.63) is 120 Å². The van der Waals surface area contributed by atoms with Crippen molar-refractivity contribution in [2.45, 2.75) is 44.4 Å². The van der Waals surface area contributed by atoms with Crippen LogP contribution < -0.4 is 9.47 Å². The Hall–Kier alpha value is -5.39. The van der Waals surface area contributed by atoms with Gasteiger partial charge in [-0.2, -0.15) is 5.10 Å². The average molecular weight is 720 g/mol. The summed E-state index contributed by atoms with van der Waals surface area (Å²) in [4.78, 5) is 14.1. The third-order valence-corrected chi connectivity index (χ3v) is 10.4. The van der Waals surface area contributed by atoms with Gasteiger partial charge in [-0.3, -0.25) is 4.68 Å². The van der Waals surface area contributed by atoms with E-state index in [1.54, 1.807) is 12.1 Å². The Bertz CT molecular complexity index is 2390. The number of fused-ring (bicyclic) bond motifs is 3. The maximum absolute atomic E-state index is 13.8. The summed E-state index contributed by atoms with van der Waals surface area (Å²) in [5, 5.41) is 8.02. The van der Waals surface area contributed by atoms with Crippen molar-refractivity contribution < 1.29 is 32.2 Å². The summed E-state index contributed by atoms with van der Waals surface area (Å²) >= 11 is 0.